The van der Waals surface area contributed by atoms with Crippen molar-refractivity contribution in [2.45, 2.75) is 13.3 Å². The first-order valence-corrected chi connectivity index (χ1v) is 7.18. The van der Waals surface area contributed by atoms with Crippen LogP contribution in [0.4, 0.5) is 5.82 Å². The first kappa shape index (κ1) is 13.0. The lowest BCUT2D eigenvalue weighted by molar-refractivity contribution is 0.552. The van der Waals surface area contributed by atoms with Gasteiger partial charge in [-0.3, -0.25) is 0 Å². The van der Waals surface area contributed by atoms with Gasteiger partial charge in [-0.15, -0.1) is 0 Å². The minimum absolute atomic E-state index is 0.654. The maximum absolute atomic E-state index is 6.24. The molecule has 5 heteroatoms. The molecule has 0 fully saturated rings. The van der Waals surface area contributed by atoms with Crippen molar-refractivity contribution in [1.82, 2.24) is 9.78 Å². The predicted octanol–water partition coefficient (Wildman–Crippen LogP) is 4.04. The van der Waals surface area contributed by atoms with Gasteiger partial charge in [0.1, 0.15) is 11.5 Å². The molecule has 3 aromatic rings. The summed E-state index contributed by atoms with van der Waals surface area (Å²) in [6.07, 6.45) is 0.798. The molecule has 0 unspecified atom stereocenters. The average molecular weight is 332 g/mol. The topological polar surface area (TPSA) is 57.0 Å². The zero-order chi connectivity index (χ0) is 14.1. The Kier molecular flexibility index (Phi) is 3.36. The lowest BCUT2D eigenvalue weighted by Gasteiger charge is -2.03. The van der Waals surface area contributed by atoms with E-state index in [1.165, 1.54) is 0 Å². The molecular weight excluding hydrogens is 318 g/mol. The second-order valence-electron chi connectivity index (χ2n) is 4.42. The Bertz CT molecular complexity index is 731. The molecular formula is C15H14BrN3O. The van der Waals surface area contributed by atoms with Crippen LogP contribution in [-0.4, -0.2) is 9.78 Å². The molecule has 0 radical (unpaired) electrons. The molecule has 0 saturated carbocycles. The van der Waals surface area contributed by atoms with E-state index in [2.05, 4.69) is 28.0 Å². The van der Waals surface area contributed by atoms with Crippen LogP contribution in [0.15, 0.2) is 51.6 Å². The van der Waals surface area contributed by atoms with Crippen molar-refractivity contribution < 1.29 is 4.42 Å². The fourth-order valence-electron chi connectivity index (χ4n) is 2.22. The summed E-state index contributed by atoms with van der Waals surface area (Å²) in [7, 11) is 0. The van der Waals surface area contributed by atoms with Crippen LogP contribution in [0.1, 0.15) is 12.5 Å². The van der Waals surface area contributed by atoms with Crippen LogP contribution in [0.25, 0.3) is 17.1 Å². The van der Waals surface area contributed by atoms with Gasteiger partial charge in [0, 0.05) is 5.56 Å². The molecule has 102 valence electrons. The third-order valence-electron chi connectivity index (χ3n) is 3.18. The quantitative estimate of drug-likeness (QED) is 0.787. The Morgan fingerprint density at radius 1 is 1.20 bits per heavy atom. The van der Waals surface area contributed by atoms with E-state index >= 15 is 0 Å². The summed E-state index contributed by atoms with van der Waals surface area (Å²) in [5.41, 5.74) is 8.97. The normalized spacial score (nSPS) is 10.9. The van der Waals surface area contributed by atoms with Crippen molar-refractivity contribution in [2.75, 3.05) is 5.73 Å². The summed E-state index contributed by atoms with van der Waals surface area (Å²) < 4.78 is 8.04. The summed E-state index contributed by atoms with van der Waals surface area (Å²) in [6.45, 7) is 2.06. The number of nitrogens with zero attached hydrogens (tertiary/aromatic N) is 2. The number of aromatic nitrogens is 2. The third-order valence-corrected chi connectivity index (χ3v) is 3.61. The highest BCUT2D eigenvalue weighted by Crippen LogP contribution is 2.31. The van der Waals surface area contributed by atoms with Gasteiger partial charge in [0.15, 0.2) is 10.4 Å². The Morgan fingerprint density at radius 2 is 1.95 bits per heavy atom. The highest BCUT2D eigenvalue weighted by molar-refractivity contribution is 9.10. The molecule has 2 heterocycles. The number of rotatable bonds is 3. The maximum atomic E-state index is 6.24. The Labute approximate surface area is 125 Å². The largest absolute Gasteiger partial charge is 0.448 e. The number of para-hydroxylation sites is 1. The lowest BCUT2D eigenvalue weighted by Crippen LogP contribution is -2.02. The molecule has 0 saturated heterocycles. The molecule has 0 bridgehead atoms. The third kappa shape index (κ3) is 2.14. The summed E-state index contributed by atoms with van der Waals surface area (Å²) in [4.78, 5) is 0. The monoisotopic (exact) mass is 331 g/mol. The van der Waals surface area contributed by atoms with E-state index in [4.69, 9.17) is 10.2 Å². The standard InChI is InChI=1S/C15H14BrN3O/c1-2-11-14(12-8-9-13(16)20-12)18-19(15(11)17)10-6-4-3-5-7-10/h3-9H,2,17H2,1H3. The van der Waals surface area contributed by atoms with E-state index in [-0.39, 0.29) is 0 Å². The fraction of sp³-hybridized carbons (Fsp3) is 0.133. The van der Waals surface area contributed by atoms with Crippen LogP contribution < -0.4 is 5.73 Å². The van der Waals surface area contributed by atoms with Gasteiger partial charge in [0.05, 0.1) is 5.69 Å². The average Bonchev–Trinajstić information content (AvgIpc) is 3.03. The number of halogens is 1. The molecule has 0 amide bonds. The van der Waals surface area contributed by atoms with E-state index in [1.807, 2.05) is 42.5 Å². The van der Waals surface area contributed by atoms with Crippen molar-refractivity contribution in [3.8, 4) is 17.1 Å². The Morgan fingerprint density at radius 3 is 2.55 bits per heavy atom. The van der Waals surface area contributed by atoms with Gasteiger partial charge in [-0.2, -0.15) is 5.10 Å². The SMILES string of the molecule is CCc1c(-c2ccc(Br)o2)nn(-c2ccccc2)c1N. The summed E-state index contributed by atoms with van der Waals surface area (Å²) in [5, 5.41) is 4.61. The molecule has 3 rings (SSSR count). The number of benzene rings is 1. The minimum atomic E-state index is 0.654. The molecule has 2 aromatic heterocycles. The van der Waals surface area contributed by atoms with Crippen LogP contribution in [0.3, 0.4) is 0 Å². The van der Waals surface area contributed by atoms with E-state index in [9.17, 15) is 0 Å². The van der Waals surface area contributed by atoms with Crippen LogP contribution in [0, 0.1) is 0 Å². The second-order valence-corrected chi connectivity index (χ2v) is 5.20. The Balaban J connectivity index is 2.17. The predicted molar refractivity (Wildman–Crippen MR) is 82.8 cm³/mol. The molecule has 0 atom stereocenters. The van der Waals surface area contributed by atoms with Gasteiger partial charge in [-0.25, -0.2) is 4.68 Å². The van der Waals surface area contributed by atoms with Crippen LogP contribution in [0.5, 0.6) is 0 Å². The van der Waals surface area contributed by atoms with Crippen LogP contribution >= 0.6 is 15.9 Å². The number of hydrogen-bond donors (Lipinski definition) is 1. The smallest absolute Gasteiger partial charge is 0.169 e. The van der Waals surface area contributed by atoms with Crippen molar-refractivity contribution in [3.05, 3.63) is 52.7 Å². The number of nitrogens with two attached hydrogens (primary N) is 1. The zero-order valence-electron chi connectivity index (χ0n) is 11.0. The molecule has 4 nitrogen and oxygen atoms in total. The lowest BCUT2D eigenvalue weighted by atomic mass is 10.1. The highest BCUT2D eigenvalue weighted by Gasteiger charge is 2.18. The van der Waals surface area contributed by atoms with Gasteiger partial charge in [-0.1, -0.05) is 25.1 Å². The fourth-order valence-corrected chi connectivity index (χ4v) is 2.52. The van der Waals surface area contributed by atoms with E-state index in [0.29, 0.717) is 10.5 Å². The first-order chi connectivity index (χ1) is 9.70. The number of nitrogen functional groups attached to an aromatic ring is 1. The van der Waals surface area contributed by atoms with Crippen molar-refractivity contribution >= 4 is 21.7 Å². The molecule has 0 spiro atoms. The van der Waals surface area contributed by atoms with E-state index in [1.54, 1.807) is 4.68 Å². The van der Waals surface area contributed by atoms with Crippen molar-refractivity contribution in [2.24, 2.45) is 0 Å². The highest BCUT2D eigenvalue weighted by atomic mass is 79.9. The van der Waals surface area contributed by atoms with Gasteiger partial charge in [0.2, 0.25) is 0 Å². The number of anilines is 1. The molecule has 20 heavy (non-hydrogen) atoms. The van der Waals surface area contributed by atoms with Gasteiger partial charge in [0.25, 0.3) is 0 Å². The number of hydrogen-bond acceptors (Lipinski definition) is 3. The second kappa shape index (κ2) is 5.17. The first-order valence-electron chi connectivity index (χ1n) is 6.39. The van der Waals surface area contributed by atoms with Gasteiger partial charge >= 0.3 is 0 Å². The summed E-state index contributed by atoms with van der Waals surface area (Å²) in [6, 6.07) is 13.6. The molecule has 1 aromatic carbocycles. The molecule has 0 aliphatic heterocycles. The maximum Gasteiger partial charge on any atom is 0.169 e. The molecule has 0 aliphatic rings. The van der Waals surface area contributed by atoms with Crippen molar-refractivity contribution in [3.63, 3.8) is 0 Å². The van der Waals surface area contributed by atoms with E-state index < -0.39 is 0 Å². The van der Waals surface area contributed by atoms with Gasteiger partial charge < -0.3 is 10.2 Å². The van der Waals surface area contributed by atoms with Crippen LogP contribution in [-0.2, 0) is 6.42 Å². The zero-order valence-corrected chi connectivity index (χ0v) is 12.6. The molecule has 0 aliphatic carbocycles. The summed E-state index contributed by atoms with van der Waals surface area (Å²) in [5.74, 6) is 1.37. The summed E-state index contributed by atoms with van der Waals surface area (Å²) >= 11 is 3.31. The molecule has 2 N–H and O–H groups in total. The Hall–Kier alpha value is -2.01. The number of furan rings is 1. The van der Waals surface area contributed by atoms with Crippen molar-refractivity contribution in [1.29, 1.82) is 0 Å². The van der Waals surface area contributed by atoms with Gasteiger partial charge in [-0.05, 0) is 46.6 Å². The minimum Gasteiger partial charge on any atom is -0.448 e. The van der Waals surface area contributed by atoms with E-state index in [0.717, 1.165) is 29.1 Å². The van der Waals surface area contributed by atoms with Crippen LogP contribution in [0.2, 0.25) is 0 Å².